The van der Waals surface area contributed by atoms with E-state index in [2.05, 4.69) is 15.0 Å². The van der Waals surface area contributed by atoms with E-state index < -0.39 is 11.6 Å². The zero-order valence-electron chi connectivity index (χ0n) is 14.0. The van der Waals surface area contributed by atoms with Gasteiger partial charge in [-0.05, 0) is 29.8 Å². The number of rotatable bonds is 3. The van der Waals surface area contributed by atoms with Crippen LogP contribution < -0.4 is 10.6 Å². The van der Waals surface area contributed by atoms with Crippen molar-refractivity contribution in [3.05, 3.63) is 41.3 Å². The number of nitrogens with two attached hydrogens (primary N) is 1. The maximum Gasteiger partial charge on any atom is 0.222 e. The SMILES string of the molecule is Nc1ccc(F)c(-c2nc(N3CCOCC3)sc2-c2ccnc(Cl)n2)c1F. The molecule has 1 fully saturated rings. The molecule has 0 atom stereocenters. The minimum Gasteiger partial charge on any atom is -0.396 e. The van der Waals surface area contributed by atoms with E-state index in [0.717, 1.165) is 6.07 Å². The lowest BCUT2D eigenvalue weighted by atomic mass is 10.1. The third-order valence-corrected chi connectivity index (χ3v) is 5.43. The third kappa shape index (κ3) is 3.45. The van der Waals surface area contributed by atoms with Crippen LogP contribution in [0.25, 0.3) is 21.8 Å². The number of nitrogen functional groups attached to an aromatic ring is 1. The van der Waals surface area contributed by atoms with Gasteiger partial charge < -0.3 is 15.4 Å². The molecule has 3 heterocycles. The Morgan fingerprint density at radius 2 is 1.93 bits per heavy atom. The average Bonchev–Trinajstić information content (AvgIpc) is 3.11. The van der Waals surface area contributed by atoms with E-state index in [1.807, 2.05) is 4.90 Å². The first kappa shape index (κ1) is 18.0. The highest BCUT2D eigenvalue weighted by atomic mass is 35.5. The summed E-state index contributed by atoms with van der Waals surface area (Å²) in [4.78, 5) is 15.1. The van der Waals surface area contributed by atoms with Crippen molar-refractivity contribution in [3.8, 4) is 21.8 Å². The van der Waals surface area contributed by atoms with Crippen molar-refractivity contribution in [2.45, 2.75) is 0 Å². The zero-order chi connectivity index (χ0) is 19.0. The number of anilines is 2. The second-order valence-corrected chi connectivity index (χ2v) is 7.13. The molecule has 0 spiro atoms. The summed E-state index contributed by atoms with van der Waals surface area (Å²) in [6.45, 7) is 2.40. The van der Waals surface area contributed by atoms with Gasteiger partial charge in [-0.3, -0.25) is 0 Å². The lowest BCUT2D eigenvalue weighted by molar-refractivity contribution is 0.122. The minimum absolute atomic E-state index is 0.0355. The van der Waals surface area contributed by atoms with E-state index in [0.29, 0.717) is 42.0 Å². The van der Waals surface area contributed by atoms with Gasteiger partial charge in [0.2, 0.25) is 5.28 Å². The van der Waals surface area contributed by atoms with E-state index in [9.17, 15) is 8.78 Å². The average molecular weight is 410 g/mol. The quantitative estimate of drug-likeness (QED) is 0.526. The first-order valence-electron chi connectivity index (χ1n) is 8.11. The molecule has 1 aliphatic heterocycles. The molecule has 0 aliphatic carbocycles. The molecule has 1 saturated heterocycles. The Bertz CT molecular complexity index is 993. The number of nitrogens with zero attached hydrogens (tertiary/aromatic N) is 4. The van der Waals surface area contributed by atoms with E-state index in [4.69, 9.17) is 22.1 Å². The monoisotopic (exact) mass is 409 g/mol. The van der Waals surface area contributed by atoms with Gasteiger partial charge in [0.05, 0.1) is 40.7 Å². The number of thiazole rings is 1. The van der Waals surface area contributed by atoms with E-state index in [1.165, 1.54) is 23.6 Å². The first-order valence-corrected chi connectivity index (χ1v) is 9.30. The van der Waals surface area contributed by atoms with Crippen LogP contribution >= 0.6 is 22.9 Å². The zero-order valence-corrected chi connectivity index (χ0v) is 15.5. The minimum atomic E-state index is -0.852. The Kier molecular flexibility index (Phi) is 4.90. The lowest BCUT2D eigenvalue weighted by Gasteiger charge is -2.26. The molecule has 3 aromatic rings. The normalized spacial score (nSPS) is 14.6. The molecule has 140 valence electrons. The van der Waals surface area contributed by atoms with Crippen LogP contribution in [-0.4, -0.2) is 41.3 Å². The van der Waals surface area contributed by atoms with Crippen molar-refractivity contribution < 1.29 is 13.5 Å². The standard InChI is InChI=1S/C17H14ClF2N5OS/c18-16-22-4-3-11(23-16)15-14(12-9(19)1-2-10(21)13(12)20)24-17(27-15)25-5-7-26-8-6-25/h1-4H,5-8,21H2. The third-order valence-electron chi connectivity index (χ3n) is 4.11. The van der Waals surface area contributed by atoms with Crippen molar-refractivity contribution in [2.75, 3.05) is 36.9 Å². The van der Waals surface area contributed by atoms with Gasteiger partial charge in [-0.1, -0.05) is 11.3 Å². The van der Waals surface area contributed by atoms with Crippen molar-refractivity contribution in [1.82, 2.24) is 15.0 Å². The first-order chi connectivity index (χ1) is 13.0. The van der Waals surface area contributed by atoms with Gasteiger partial charge in [0, 0.05) is 19.3 Å². The second-order valence-electron chi connectivity index (χ2n) is 5.81. The fourth-order valence-electron chi connectivity index (χ4n) is 2.79. The molecule has 0 unspecified atom stereocenters. The topological polar surface area (TPSA) is 77.2 Å². The van der Waals surface area contributed by atoms with Crippen molar-refractivity contribution in [1.29, 1.82) is 0 Å². The molecule has 0 saturated carbocycles. The summed E-state index contributed by atoms with van der Waals surface area (Å²) in [5, 5.41) is 0.660. The Balaban J connectivity index is 1.92. The fourth-order valence-corrected chi connectivity index (χ4v) is 4.03. The lowest BCUT2D eigenvalue weighted by Crippen LogP contribution is -2.36. The molecule has 27 heavy (non-hydrogen) atoms. The summed E-state index contributed by atoms with van der Waals surface area (Å²) in [6.07, 6.45) is 1.48. The Labute approximate surface area is 162 Å². The highest BCUT2D eigenvalue weighted by Gasteiger charge is 2.26. The van der Waals surface area contributed by atoms with Crippen molar-refractivity contribution in [2.24, 2.45) is 0 Å². The molecular weight excluding hydrogens is 396 g/mol. The van der Waals surface area contributed by atoms with Gasteiger partial charge in [0.1, 0.15) is 5.82 Å². The van der Waals surface area contributed by atoms with Crippen LogP contribution in [0.15, 0.2) is 24.4 Å². The van der Waals surface area contributed by atoms with Crippen molar-refractivity contribution in [3.63, 3.8) is 0 Å². The van der Waals surface area contributed by atoms with Gasteiger partial charge >= 0.3 is 0 Å². The summed E-state index contributed by atoms with van der Waals surface area (Å²) in [5.74, 6) is -1.60. The summed E-state index contributed by atoms with van der Waals surface area (Å²) in [6, 6.07) is 3.93. The Morgan fingerprint density at radius 1 is 1.15 bits per heavy atom. The molecule has 6 nitrogen and oxygen atoms in total. The second kappa shape index (κ2) is 7.34. The van der Waals surface area contributed by atoms with E-state index in [1.54, 1.807) is 6.07 Å². The highest BCUT2D eigenvalue weighted by molar-refractivity contribution is 7.19. The number of benzene rings is 1. The van der Waals surface area contributed by atoms with Crippen LogP contribution in [0.4, 0.5) is 19.6 Å². The van der Waals surface area contributed by atoms with Gasteiger partial charge in [0.15, 0.2) is 10.9 Å². The summed E-state index contributed by atoms with van der Waals surface area (Å²) in [5.41, 5.74) is 5.79. The predicted octanol–water partition coefficient (Wildman–Crippen LogP) is 3.62. The van der Waals surface area contributed by atoms with Crippen molar-refractivity contribution >= 4 is 33.8 Å². The predicted molar refractivity (Wildman–Crippen MR) is 101 cm³/mol. The molecule has 0 radical (unpaired) electrons. The van der Waals surface area contributed by atoms with Crippen LogP contribution in [0.2, 0.25) is 5.28 Å². The number of hydrogen-bond acceptors (Lipinski definition) is 7. The Morgan fingerprint density at radius 3 is 2.67 bits per heavy atom. The highest BCUT2D eigenvalue weighted by Crippen LogP contribution is 2.42. The molecule has 1 aromatic carbocycles. The van der Waals surface area contributed by atoms with E-state index in [-0.39, 0.29) is 22.2 Å². The molecule has 4 rings (SSSR count). The summed E-state index contributed by atoms with van der Waals surface area (Å²) in [7, 11) is 0. The van der Waals surface area contributed by atoms with Gasteiger partial charge in [0.25, 0.3) is 0 Å². The van der Waals surface area contributed by atoms with Gasteiger partial charge in [-0.15, -0.1) is 0 Å². The van der Waals surface area contributed by atoms with Crippen LogP contribution in [0, 0.1) is 11.6 Å². The van der Waals surface area contributed by atoms with Crippen LogP contribution in [-0.2, 0) is 4.74 Å². The largest absolute Gasteiger partial charge is 0.396 e. The number of hydrogen-bond donors (Lipinski definition) is 1. The fraction of sp³-hybridized carbons (Fsp3) is 0.235. The number of aromatic nitrogens is 3. The van der Waals surface area contributed by atoms with Crippen LogP contribution in [0.5, 0.6) is 0 Å². The molecule has 10 heteroatoms. The molecule has 2 N–H and O–H groups in total. The molecule has 0 amide bonds. The maximum atomic E-state index is 14.7. The Hall–Kier alpha value is -2.36. The summed E-state index contributed by atoms with van der Waals surface area (Å²) >= 11 is 7.19. The smallest absolute Gasteiger partial charge is 0.222 e. The summed E-state index contributed by atoms with van der Waals surface area (Å²) < 4.78 is 34.6. The molecular formula is C17H14ClF2N5OS. The number of morpholine rings is 1. The molecule has 1 aliphatic rings. The maximum absolute atomic E-state index is 14.7. The molecule has 2 aromatic heterocycles. The van der Waals surface area contributed by atoms with Crippen LogP contribution in [0.3, 0.4) is 0 Å². The molecule has 0 bridgehead atoms. The van der Waals surface area contributed by atoms with Gasteiger partial charge in [-0.2, -0.15) is 0 Å². The number of halogens is 3. The van der Waals surface area contributed by atoms with E-state index >= 15 is 0 Å². The van der Waals surface area contributed by atoms with Crippen LogP contribution in [0.1, 0.15) is 0 Å². The number of ether oxygens (including phenoxy) is 1. The van der Waals surface area contributed by atoms with Gasteiger partial charge in [-0.25, -0.2) is 23.7 Å².